The van der Waals surface area contributed by atoms with Gasteiger partial charge in [-0.05, 0) is 43.2 Å². The summed E-state index contributed by atoms with van der Waals surface area (Å²) in [5.41, 5.74) is 3.81. The van der Waals surface area contributed by atoms with Crippen molar-refractivity contribution in [2.24, 2.45) is 0 Å². The summed E-state index contributed by atoms with van der Waals surface area (Å²) in [7, 11) is 0. The third kappa shape index (κ3) is 4.45. The molecule has 0 aliphatic carbocycles. The maximum atomic E-state index is 12.2. The standard InChI is InChI=1S/C19H18ClN3O2S/c1-12-3-6-17-21-15(8-19(25)23(17)9-12)10-26-11-18(24)22-16-7-14(20)5-4-13(16)2/h3-9H,10-11H2,1-2H3,(H,22,24). The Morgan fingerprint density at radius 3 is 2.85 bits per heavy atom. The molecule has 1 aromatic carbocycles. The number of amides is 1. The Balaban J connectivity index is 1.62. The molecule has 0 unspecified atom stereocenters. The molecule has 3 aromatic rings. The number of aryl methyl sites for hydroxylation is 2. The van der Waals surface area contributed by atoms with Gasteiger partial charge in [0.15, 0.2) is 0 Å². The molecule has 0 aliphatic heterocycles. The van der Waals surface area contributed by atoms with Crippen molar-refractivity contribution in [3.63, 3.8) is 0 Å². The number of fused-ring (bicyclic) bond motifs is 1. The van der Waals surface area contributed by atoms with Crippen LogP contribution in [0.3, 0.4) is 0 Å². The van der Waals surface area contributed by atoms with Gasteiger partial charge in [-0.15, -0.1) is 11.8 Å². The first-order valence-corrected chi connectivity index (χ1v) is 9.58. The Morgan fingerprint density at radius 2 is 2.04 bits per heavy atom. The Bertz CT molecular complexity index is 1030. The number of hydrogen-bond donors (Lipinski definition) is 1. The highest BCUT2D eigenvalue weighted by Crippen LogP contribution is 2.20. The van der Waals surface area contributed by atoms with Gasteiger partial charge in [-0.1, -0.05) is 23.7 Å². The first-order chi connectivity index (χ1) is 12.4. The van der Waals surface area contributed by atoms with E-state index in [9.17, 15) is 9.59 Å². The van der Waals surface area contributed by atoms with E-state index in [-0.39, 0.29) is 17.2 Å². The summed E-state index contributed by atoms with van der Waals surface area (Å²) in [5, 5.41) is 3.43. The zero-order valence-electron chi connectivity index (χ0n) is 14.5. The first kappa shape index (κ1) is 18.5. The van der Waals surface area contributed by atoms with E-state index in [1.54, 1.807) is 18.3 Å². The Morgan fingerprint density at radius 1 is 1.23 bits per heavy atom. The quantitative estimate of drug-likeness (QED) is 0.722. The zero-order valence-corrected chi connectivity index (χ0v) is 16.0. The van der Waals surface area contributed by atoms with E-state index >= 15 is 0 Å². The third-order valence-electron chi connectivity index (χ3n) is 3.82. The van der Waals surface area contributed by atoms with Crippen LogP contribution in [-0.4, -0.2) is 21.0 Å². The number of rotatable bonds is 5. The summed E-state index contributed by atoms with van der Waals surface area (Å²) in [5.74, 6) is 0.635. The second-order valence-electron chi connectivity index (χ2n) is 6.02. The van der Waals surface area contributed by atoms with E-state index in [4.69, 9.17) is 11.6 Å². The number of benzene rings is 1. The summed E-state index contributed by atoms with van der Waals surface area (Å²) >= 11 is 7.37. The van der Waals surface area contributed by atoms with Crippen LogP contribution in [0.1, 0.15) is 16.8 Å². The number of thioether (sulfide) groups is 1. The van der Waals surface area contributed by atoms with Gasteiger partial charge in [-0.25, -0.2) is 4.98 Å². The van der Waals surface area contributed by atoms with Crippen molar-refractivity contribution >= 4 is 40.6 Å². The number of aromatic nitrogens is 2. The van der Waals surface area contributed by atoms with E-state index in [0.29, 0.717) is 27.8 Å². The van der Waals surface area contributed by atoms with E-state index in [0.717, 1.165) is 11.1 Å². The lowest BCUT2D eigenvalue weighted by atomic mass is 10.2. The number of nitrogens with zero attached hydrogens (tertiary/aromatic N) is 2. The second kappa shape index (κ2) is 7.93. The van der Waals surface area contributed by atoms with Crippen molar-refractivity contribution in [1.82, 2.24) is 9.38 Å². The number of halogens is 1. The van der Waals surface area contributed by atoms with Gasteiger partial charge in [-0.2, -0.15) is 0 Å². The predicted molar refractivity (Wildman–Crippen MR) is 107 cm³/mol. The highest BCUT2D eigenvalue weighted by Gasteiger charge is 2.08. The summed E-state index contributed by atoms with van der Waals surface area (Å²) < 4.78 is 1.53. The zero-order chi connectivity index (χ0) is 18.7. The number of carbonyl (C=O) groups is 1. The first-order valence-electron chi connectivity index (χ1n) is 8.05. The Kier molecular flexibility index (Phi) is 5.64. The van der Waals surface area contributed by atoms with Gasteiger partial charge in [-0.3, -0.25) is 14.0 Å². The van der Waals surface area contributed by atoms with Crippen LogP contribution in [0.4, 0.5) is 5.69 Å². The normalized spacial score (nSPS) is 10.9. The van der Waals surface area contributed by atoms with Crippen molar-refractivity contribution in [3.8, 4) is 0 Å². The minimum absolute atomic E-state index is 0.117. The van der Waals surface area contributed by atoms with E-state index in [2.05, 4.69) is 10.3 Å². The second-order valence-corrected chi connectivity index (χ2v) is 7.44. The molecule has 0 fully saturated rings. The molecule has 134 valence electrons. The molecular formula is C19H18ClN3O2S. The van der Waals surface area contributed by atoms with Crippen molar-refractivity contribution in [1.29, 1.82) is 0 Å². The van der Waals surface area contributed by atoms with Crippen molar-refractivity contribution < 1.29 is 4.79 Å². The van der Waals surface area contributed by atoms with Crippen molar-refractivity contribution in [2.75, 3.05) is 11.1 Å². The summed E-state index contributed by atoms with van der Waals surface area (Å²) in [6.45, 7) is 3.84. The molecule has 26 heavy (non-hydrogen) atoms. The van der Waals surface area contributed by atoms with Gasteiger partial charge in [0, 0.05) is 28.7 Å². The highest BCUT2D eigenvalue weighted by atomic mass is 35.5. The predicted octanol–water partition coefficient (Wildman–Crippen LogP) is 3.84. The van der Waals surface area contributed by atoms with Crippen LogP contribution in [0.5, 0.6) is 0 Å². The fraction of sp³-hybridized carbons (Fsp3) is 0.211. The molecule has 5 nitrogen and oxygen atoms in total. The Labute approximate surface area is 160 Å². The number of anilines is 1. The van der Waals surface area contributed by atoms with Crippen LogP contribution >= 0.6 is 23.4 Å². The lowest BCUT2D eigenvalue weighted by Gasteiger charge is -2.09. The summed E-state index contributed by atoms with van der Waals surface area (Å²) in [6, 6.07) is 10.6. The molecule has 1 amide bonds. The third-order valence-corrected chi connectivity index (χ3v) is 5.02. The van der Waals surface area contributed by atoms with Crippen LogP contribution in [0.2, 0.25) is 5.02 Å². The van der Waals surface area contributed by atoms with Gasteiger partial charge in [0.25, 0.3) is 5.56 Å². The van der Waals surface area contributed by atoms with E-state index < -0.39 is 0 Å². The fourth-order valence-electron chi connectivity index (χ4n) is 2.50. The van der Waals surface area contributed by atoms with Gasteiger partial charge in [0.1, 0.15) is 5.65 Å². The minimum atomic E-state index is -0.117. The minimum Gasteiger partial charge on any atom is -0.325 e. The fourth-order valence-corrected chi connectivity index (χ4v) is 3.38. The number of hydrogen-bond acceptors (Lipinski definition) is 4. The van der Waals surface area contributed by atoms with Gasteiger partial charge >= 0.3 is 0 Å². The molecule has 0 saturated heterocycles. The van der Waals surface area contributed by atoms with Crippen LogP contribution in [0.25, 0.3) is 5.65 Å². The Hall–Kier alpha value is -2.31. The molecule has 7 heteroatoms. The lowest BCUT2D eigenvalue weighted by molar-refractivity contribution is -0.113. The summed E-state index contributed by atoms with van der Waals surface area (Å²) in [6.07, 6.45) is 1.77. The average molecular weight is 388 g/mol. The maximum Gasteiger partial charge on any atom is 0.258 e. The number of nitrogens with one attached hydrogen (secondary N) is 1. The lowest BCUT2D eigenvalue weighted by Crippen LogP contribution is -2.17. The summed E-state index contributed by atoms with van der Waals surface area (Å²) in [4.78, 5) is 28.8. The largest absolute Gasteiger partial charge is 0.325 e. The van der Waals surface area contributed by atoms with Crippen molar-refractivity contribution in [3.05, 3.63) is 74.8 Å². The van der Waals surface area contributed by atoms with E-state index in [1.807, 2.05) is 32.0 Å². The molecule has 1 N–H and O–H groups in total. The SMILES string of the molecule is Cc1ccc2nc(CSCC(=O)Nc3cc(Cl)ccc3C)cc(=O)n2c1. The van der Waals surface area contributed by atoms with Crippen LogP contribution < -0.4 is 10.9 Å². The molecule has 0 bridgehead atoms. The van der Waals surface area contributed by atoms with Crippen LogP contribution in [0.15, 0.2) is 47.4 Å². The molecular weight excluding hydrogens is 370 g/mol. The van der Waals surface area contributed by atoms with Crippen molar-refractivity contribution in [2.45, 2.75) is 19.6 Å². The molecule has 0 spiro atoms. The molecule has 0 aliphatic rings. The van der Waals surface area contributed by atoms with Gasteiger partial charge < -0.3 is 5.32 Å². The molecule has 0 saturated carbocycles. The molecule has 0 radical (unpaired) electrons. The van der Waals surface area contributed by atoms with E-state index in [1.165, 1.54) is 22.2 Å². The number of pyridine rings is 1. The molecule has 2 heterocycles. The number of carbonyl (C=O) groups excluding carboxylic acids is 1. The average Bonchev–Trinajstić information content (AvgIpc) is 2.59. The molecule has 2 aromatic heterocycles. The van der Waals surface area contributed by atoms with Gasteiger partial charge in [0.05, 0.1) is 11.4 Å². The van der Waals surface area contributed by atoms with Crippen LogP contribution in [-0.2, 0) is 10.5 Å². The topological polar surface area (TPSA) is 63.5 Å². The van der Waals surface area contributed by atoms with Gasteiger partial charge in [0.2, 0.25) is 5.91 Å². The monoisotopic (exact) mass is 387 g/mol. The molecule has 0 atom stereocenters. The molecule has 3 rings (SSSR count). The maximum absolute atomic E-state index is 12.2. The van der Waals surface area contributed by atoms with Crippen LogP contribution in [0, 0.1) is 13.8 Å². The smallest absolute Gasteiger partial charge is 0.258 e. The highest BCUT2D eigenvalue weighted by molar-refractivity contribution is 7.99.